The molecule has 6 N–H and O–H groups in total. The van der Waals surface area contributed by atoms with Crippen LogP contribution in [0.4, 0.5) is 17.6 Å². The van der Waals surface area contributed by atoms with E-state index in [1.165, 1.54) is 0 Å². The van der Waals surface area contributed by atoms with E-state index in [0.717, 1.165) is 13.0 Å². The molecule has 1 rings (SSSR count). The van der Waals surface area contributed by atoms with Crippen LogP contribution in [0.3, 0.4) is 0 Å². The van der Waals surface area contributed by atoms with Gasteiger partial charge in [0.1, 0.15) is 11.6 Å². The first-order valence-electron chi connectivity index (χ1n) is 5.32. The van der Waals surface area contributed by atoms with Crippen molar-refractivity contribution in [3.63, 3.8) is 0 Å². The summed E-state index contributed by atoms with van der Waals surface area (Å²) in [4.78, 5) is 7.99. The molecule has 0 radical (unpaired) electrons. The van der Waals surface area contributed by atoms with Gasteiger partial charge in [-0.2, -0.15) is 9.97 Å². The summed E-state index contributed by atoms with van der Waals surface area (Å²) < 4.78 is 0. The Kier molecular flexibility index (Phi) is 3.89. The minimum absolute atomic E-state index is 0.201. The summed E-state index contributed by atoms with van der Waals surface area (Å²) in [6.45, 7) is 7.35. The number of rotatable bonds is 5. The van der Waals surface area contributed by atoms with Crippen LogP contribution >= 0.6 is 0 Å². The Morgan fingerprint density at radius 1 is 1.31 bits per heavy atom. The lowest BCUT2D eigenvalue weighted by Crippen LogP contribution is -2.23. The van der Waals surface area contributed by atoms with Gasteiger partial charge in [0, 0.05) is 12.6 Å². The zero-order chi connectivity index (χ0) is 12.2. The number of anilines is 3. The lowest BCUT2D eigenvalue weighted by Gasteiger charge is -2.23. The maximum atomic E-state index is 5.55. The number of hydrogen-bond donors (Lipinski definition) is 4. The van der Waals surface area contributed by atoms with Crippen LogP contribution in [0.1, 0.15) is 27.2 Å². The van der Waals surface area contributed by atoms with E-state index >= 15 is 0 Å². The number of nitrogens with one attached hydrogen (secondary N) is 2. The van der Waals surface area contributed by atoms with Crippen molar-refractivity contribution in [2.45, 2.75) is 27.2 Å². The fraction of sp³-hybridized carbons (Fsp3) is 0.600. The predicted molar refractivity (Wildman–Crippen MR) is 66.8 cm³/mol. The molecule has 0 unspecified atom stereocenters. The number of nitrogens with zero attached hydrogens (tertiary/aromatic N) is 2. The van der Waals surface area contributed by atoms with Gasteiger partial charge in [0.05, 0.1) is 0 Å². The van der Waals surface area contributed by atoms with Crippen LogP contribution in [-0.2, 0) is 0 Å². The van der Waals surface area contributed by atoms with Crippen molar-refractivity contribution < 1.29 is 0 Å². The molecule has 6 nitrogen and oxygen atoms in total. The van der Waals surface area contributed by atoms with E-state index in [2.05, 4.69) is 41.5 Å². The van der Waals surface area contributed by atoms with Gasteiger partial charge in [-0.05, 0) is 11.8 Å². The fourth-order valence-corrected chi connectivity index (χ4v) is 1.09. The molecule has 0 aliphatic heterocycles. The lowest BCUT2D eigenvalue weighted by atomic mass is 9.90. The van der Waals surface area contributed by atoms with Crippen LogP contribution in [0, 0.1) is 5.41 Å². The van der Waals surface area contributed by atoms with E-state index in [1.54, 1.807) is 6.07 Å². The molecule has 0 aromatic carbocycles. The average Bonchev–Trinajstić information content (AvgIpc) is 2.26. The zero-order valence-corrected chi connectivity index (χ0v) is 10.0. The molecular formula is C10H20N6. The molecule has 0 amide bonds. The van der Waals surface area contributed by atoms with Gasteiger partial charge in [-0.1, -0.05) is 20.8 Å². The third kappa shape index (κ3) is 3.54. The van der Waals surface area contributed by atoms with Crippen molar-refractivity contribution in [2.24, 2.45) is 11.3 Å². The quantitative estimate of drug-likeness (QED) is 0.442. The molecular weight excluding hydrogens is 204 g/mol. The van der Waals surface area contributed by atoms with E-state index in [9.17, 15) is 0 Å². The van der Waals surface area contributed by atoms with Gasteiger partial charge in [-0.25, -0.2) is 5.84 Å². The predicted octanol–water partition coefficient (Wildman–Crippen LogP) is 1.19. The van der Waals surface area contributed by atoms with Gasteiger partial charge in [-0.3, -0.25) is 0 Å². The SMILES string of the molecule is CCC(C)(C)CNc1cc(NN)nc(N)n1. The van der Waals surface area contributed by atoms with Gasteiger partial charge in [0.15, 0.2) is 0 Å². The molecule has 6 heteroatoms. The number of nitrogens with two attached hydrogens (primary N) is 2. The van der Waals surface area contributed by atoms with E-state index in [1.807, 2.05) is 0 Å². The van der Waals surface area contributed by atoms with Crippen molar-refractivity contribution in [3.8, 4) is 0 Å². The summed E-state index contributed by atoms with van der Waals surface area (Å²) in [6, 6.07) is 1.72. The molecule has 90 valence electrons. The summed E-state index contributed by atoms with van der Waals surface area (Å²) >= 11 is 0. The Morgan fingerprint density at radius 3 is 2.50 bits per heavy atom. The van der Waals surface area contributed by atoms with Gasteiger partial charge < -0.3 is 16.5 Å². The van der Waals surface area contributed by atoms with E-state index in [-0.39, 0.29) is 11.4 Å². The first kappa shape index (κ1) is 12.5. The highest BCUT2D eigenvalue weighted by atomic mass is 15.3. The molecule has 0 aliphatic carbocycles. The standard InChI is InChI=1S/C10H20N6/c1-4-10(2,3)6-13-7-5-8(16-12)15-9(11)14-7/h5H,4,6,12H2,1-3H3,(H4,11,13,14,15,16). The largest absolute Gasteiger partial charge is 0.369 e. The summed E-state index contributed by atoms with van der Waals surface area (Å²) in [5, 5.41) is 3.22. The Balaban J connectivity index is 2.70. The number of hydrazine groups is 1. The smallest absolute Gasteiger partial charge is 0.223 e. The van der Waals surface area contributed by atoms with E-state index in [0.29, 0.717) is 11.6 Å². The maximum Gasteiger partial charge on any atom is 0.223 e. The molecule has 0 bridgehead atoms. The van der Waals surface area contributed by atoms with Crippen molar-refractivity contribution >= 4 is 17.6 Å². The van der Waals surface area contributed by atoms with Crippen LogP contribution in [-0.4, -0.2) is 16.5 Å². The molecule has 1 heterocycles. The lowest BCUT2D eigenvalue weighted by molar-refractivity contribution is 0.376. The summed E-state index contributed by atoms with van der Waals surface area (Å²) in [5.41, 5.74) is 8.22. The van der Waals surface area contributed by atoms with Gasteiger partial charge >= 0.3 is 0 Å². The second kappa shape index (κ2) is 4.98. The average molecular weight is 224 g/mol. The highest BCUT2D eigenvalue weighted by molar-refractivity contribution is 5.50. The number of nitrogen functional groups attached to an aromatic ring is 2. The molecule has 0 saturated carbocycles. The van der Waals surface area contributed by atoms with Crippen LogP contribution < -0.4 is 22.3 Å². The molecule has 0 aliphatic rings. The monoisotopic (exact) mass is 224 g/mol. The molecule has 0 fully saturated rings. The van der Waals surface area contributed by atoms with Crippen molar-refractivity contribution in [1.29, 1.82) is 0 Å². The zero-order valence-electron chi connectivity index (χ0n) is 10.0. The van der Waals surface area contributed by atoms with E-state index < -0.39 is 0 Å². The third-order valence-corrected chi connectivity index (χ3v) is 2.60. The minimum Gasteiger partial charge on any atom is -0.369 e. The highest BCUT2D eigenvalue weighted by Gasteiger charge is 2.14. The topological polar surface area (TPSA) is 102 Å². The van der Waals surface area contributed by atoms with Gasteiger partial charge in [0.2, 0.25) is 5.95 Å². The van der Waals surface area contributed by atoms with Crippen LogP contribution in [0.15, 0.2) is 6.07 Å². The number of hydrogen-bond acceptors (Lipinski definition) is 6. The highest BCUT2D eigenvalue weighted by Crippen LogP contribution is 2.20. The molecule has 0 spiro atoms. The summed E-state index contributed by atoms with van der Waals surface area (Å²) in [6.07, 6.45) is 1.09. The molecule has 16 heavy (non-hydrogen) atoms. The second-order valence-electron chi connectivity index (χ2n) is 4.51. The third-order valence-electron chi connectivity index (χ3n) is 2.60. The number of aromatic nitrogens is 2. The van der Waals surface area contributed by atoms with Crippen LogP contribution in [0.5, 0.6) is 0 Å². The van der Waals surface area contributed by atoms with Crippen LogP contribution in [0.25, 0.3) is 0 Å². The Labute approximate surface area is 95.8 Å². The minimum atomic E-state index is 0.201. The normalized spacial score (nSPS) is 11.2. The Bertz CT molecular complexity index is 349. The molecule has 0 saturated heterocycles. The molecule has 0 atom stereocenters. The van der Waals surface area contributed by atoms with Gasteiger partial charge in [0.25, 0.3) is 0 Å². The fourth-order valence-electron chi connectivity index (χ4n) is 1.09. The maximum absolute atomic E-state index is 5.55. The second-order valence-corrected chi connectivity index (χ2v) is 4.51. The van der Waals surface area contributed by atoms with Crippen molar-refractivity contribution in [3.05, 3.63) is 6.07 Å². The van der Waals surface area contributed by atoms with E-state index in [4.69, 9.17) is 11.6 Å². The van der Waals surface area contributed by atoms with Crippen molar-refractivity contribution in [1.82, 2.24) is 9.97 Å². The summed E-state index contributed by atoms with van der Waals surface area (Å²) in [7, 11) is 0. The Hall–Kier alpha value is -1.56. The Morgan fingerprint density at radius 2 is 1.94 bits per heavy atom. The van der Waals surface area contributed by atoms with Crippen LogP contribution in [0.2, 0.25) is 0 Å². The first-order chi connectivity index (χ1) is 7.46. The van der Waals surface area contributed by atoms with Gasteiger partial charge in [-0.15, -0.1) is 0 Å². The van der Waals surface area contributed by atoms with Crippen molar-refractivity contribution in [2.75, 3.05) is 23.0 Å². The summed E-state index contributed by atoms with van der Waals surface area (Å²) in [5.74, 6) is 6.66. The first-order valence-corrected chi connectivity index (χ1v) is 5.32. The molecule has 1 aromatic rings. The molecule has 1 aromatic heterocycles.